The van der Waals surface area contributed by atoms with Crippen LogP contribution >= 0.6 is 0 Å². The van der Waals surface area contributed by atoms with E-state index in [4.69, 9.17) is 5.11 Å². The Morgan fingerprint density at radius 3 is 2.52 bits per heavy atom. The fraction of sp³-hybridized carbons (Fsp3) is 0.529. The molecule has 0 saturated heterocycles. The predicted molar refractivity (Wildman–Crippen MR) is 81.1 cm³/mol. The first-order valence-corrected chi connectivity index (χ1v) is 7.64. The van der Waals surface area contributed by atoms with E-state index in [0.717, 1.165) is 37.7 Å². The summed E-state index contributed by atoms with van der Waals surface area (Å²) in [5, 5.41) is 12.0. The van der Waals surface area contributed by atoms with E-state index in [-0.39, 0.29) is 12.3 Å². The Kier molecular flexibility index (Phi) is 4.99. The van der Waals surface area contributed by atoms with Crippen LogP contribution in [0.1, 0.15) is 50.2 Å². The number of benzene rings is 1. The van der Waals surface area contributed by atoms with Gasteiger partial charge in [0.05, 0.1) is 18.4 Å². The van der Waals surface area contributed by atoms with Gasteiger partial charge in [-0.1, -0.05) is 44.0 Å². The molecule has 114 valence electrons. The second-order valence-electron chi connectivity index (χ2n) is 5.96. The normalized spacial score (nSPS) is 16.6. The lowest BCUT2D eigenvalue weighted by Crippen LogP contribution is -2.48. The summed E-state index contributed by atoms with van der Waals surface area (Å²) >= 11 is 0. The minimum Gasteiger partial charge on any atom is -0.481 e. The minimum atomic E-state index is -0.842. The van der Waals surface area contributed by atoms with Crippen LogP contribution in [0.3, 0.4) is 0 Å². The number of hydrogen-bond donors (Lipinski definition) is 2. The van der Waals surface area contributed by atoms with Crippen molar-refractivity contribution in [2.45, 2.75) is 57.4 Å². The number of carbonyl (C=O) groups is 2. The smallest absolute Gasteiger partial charge is 0.305 e. The highest BCUT2D eigenvalue weighted by atomic mass is 16.4. The molecule has 0 heterocycles. The van der Waals surface area contributed by atoms with Crippen LogP contribution in [0, 0.1) is 0 Å². The quantitative estimate of drug-likeness (QED) is 0.846. The second-order valence-corrected chi connectivity index (χ2v) is 5.96. The molecule has 1 saturated carbocycles. The van der Waals surface area contributed by atoms with Gasteiger partial charge in [0.25, 0.3) is 0 Å². The summed E-state index contributed by atoms with van der Waals surface area (Å²) in [4.78, 5) is 23.3. The Balaban J connectivity index is 2.00. The summed E-state index contributed by atoms with van der Waals surface area (Å²) in [6.07, 6.45) is 4.78. The maximum Gasteiger partial charge on any atom is 0.305 e. The molecule has 0 aliphatic heterocycles. The van der Waals surface area contributed by atoms with Gasteiger partial charge in [0, 0.05) is 0 Å². The first kappa shape index (κ1) is 15.5. The lowest BCUT2D eigenvalue weighted by Gasteiger charge is -2.28. The molecular weight excluding hydrogens is 266 g/mol. The largest absolute Gasteiger partial charge is 0.481 e. The van der Waals surface area contributed by atoms with Gasteiger partial charge in [0.2, 0.25) is 5.91 Å². The summed E-state index contributed by atoms with van der Waals surface area (Å²) in [6.45, 7) is 2.08. The highest BCUT2D eigenvalue weighted by molar-refractivity contribution is 5.80. The van der Waals surface area contributed by atoms with Crippen molar-refractivity contribution in [1.29, 1.82) is 0 Å². The van der Waals surface area contributed by atoms with Gasteiger partial charge in [0.1, 0.15) is 0 Å². The molecule has 1 fully saturated rings. The third-order valence-corrected chi connectivity index (χ3v) is 4.22. The van der Waals surface area contributed by atoms with Gasteiger partial charge >= 0.3 is 5.97 Å². The van der Waals surface area contributed by atoms with Crippen molar-refractivity contribution in [3.63, 3.8) is 0 Å². The summed E-state index contributed by atoms with van der Waals surface area (Å²) in [6, 6.07) is 7.99. The van der Waals surface area contributed by atoms with Crippen LogP contribution in [0.2, 0.25) is 0 Å². The van der Waals surface area contributed by atoms with E-state index in [1.165, 1.54) is 5.56 Å². The Hall–Kier alpha value is -1.84. The zero-order valence-corrected chi connectivity index (χ0v) is 12.5. The van der Waals surface area contributed by atoms with Crippen LogP contribution < -0.4 is 5.32 Å². The van der Waals surface area contributed by atoms with Crippen LogP contribution in [-0.4, -0.2) is 22.5 Å². The number of aryl methyl sites for hydroxylation is 1. The van der Waals surface area contributed by atoms with Crippen molar-refractivity contribution in [3.05, 3.63) is 35.4 Å². The van der Waals surface area contributed by atoms with Gasteiger partial charge in [-0.3, -0.25) is 9.59 Å². The summed E-state index contributed by atoms with van der Waals surface area (Å²) < 4.78 is 0. The first-order chi connectivity index (χ1) is 10.0. The van der Waals surface area contributed by atoms with Crippen molar-refractivity contribution in [1.82, 2.24) is 5.32 Å². The third kappa shape index (κ3) is 4.31. The van der Waals surface area contributed by atoms with Gasteiger partial charge in [-0.05, 0) is 30.4 Å². The van der Waals surface area contributed by atoms with Crippen LogP contribution in [0.4, 0.5) is 0 Å². The number of rotatable bonds is 6. The van der Waals surface area contributed by atoms with Crippen LogP contribution in [0.5, 0.6) is 0 Å². The highest BCUT2D eigenvalue weighted by Gasteiger charge is 2.37. The number of carboxylic acids is 1. The van der Waals surface area contributed by atoms with E-state index in [2.05, 4.69) is 12.2 Å². The molecule has 2 rings (SSSR count). The maximum absolute atomic E-state index is 12.3. The van der Waals surface area contributed by atoms with Crippen LogP contribution in [0.25, 0.3) is 0 Å². The Morgan fingerprint density at radius 2 is 1.90 bits per heavy atom. The first-order valence-electron chi connectivity index (χ1n) is 7.64. The minimum absolute atomic E-state index is 0.0216. The topological polar surface area (TPSA) is 66.4 Å². The van der Waals surface area contributed by atoms with Crippen LogP contribution in [-0.2, 0) is 22.4 Å². The molecule has 1 aromatic carbocycles. The zero-order chi connectivity index (χ0) is 15.3. The SMILES string of the molecule is CCc1cccc(CC(=O)NC2(CC(=O)O)CCCC2)c1. The monoisotopic (exact) mass is 289 g/mol. The Bertz CT molecular complexity index is 519. The summed E-state index contributed by atoms with van der Waals surface area (Å²) in [5.41, 5.74) is 1.65. The second kappa shape index (κ2) is 6.74. The molecular formula is C17H23NO3. The van der Waals surface area contributed by atoms with Crippen molar-refractivity contribution in [2.24, 2.45) is 0 Å². The Morgan fingerprint density at radius 1 is 1.24 bits per heavy atom. The van der Waals surface area contributed by atoms with E-state index >= 15 is 0 Å². The molecule has 2 N–H and O–H groups in total. The number of hydrogen-bond acceptors (Lipinski definition) is 2. The Labute approximate surface area is 125 Å². The summed E-state index contributed by atoms with van der Waals surface area (Å²) in [5.74, 6) is -0.920. The van der Waals surface area contributed by atoms with Gasteiger partial charge in [-0.2, -0.15) is 0 Å². The van der Waals surface area contributed by atoms with Gasteiger partial charge in [-0.15, -0.1) is 0 Å². The number of amides is 1. The lowest BCUT2D eigenvalue weighted by molar-refractivity contribution is -0.139. The highest BCUT2D eigenvalue weighted by Crippen LogP contribution is 2.32. The average molecular weight is 289 g/mol. The fourth-order valence-corrected chi connectivity index (χ4v) is 3.17. The van der Waals surface area contributed by atoms with Gasteiger partial charge < -0.3 is 10.4 Å². The zero-order valence-electron chi connectivity index (χ0n) is 12.5. The lowest BCUT2D eigenvalue weighted by atomic mass is 9.92. The summed E-state index contributed by atoms with van der Waals surface area (Å²) in [7, 11) is 0. The number of nitrogens with one attached hydrogen (secondary N) is 1. The molecule has 0 bridgehead atoms. The predicted octanol–water partition coefficient (Wildman–Crippen LogP) is 2.70. The molecule has 0 aromatic heterocycles. The van der Waals surface area contributed by atoms with Gasteiger partial charge in [-0.25, -0.2) is 0 Å². The van der Waals surface area contributed by atoms with E-state index in [1.807, 2.05) is 24.3 Å². The molecule has 1 amide bonds. The molecule has 0 radical (unpaired) electrons. The molecule has 4 heteroatoms. The molecule has 0 atom stereocenters. The van der Waals surface area contributed by atoms with Crippen LogP contribution in [0.15, 0.2) is 24.3 Å². The molecule has 0 unspecified atom stereocenters. The molecule has 21 heavy (non-hydrogen) atoms. The number of carboxylic acid groups (broad SMARTS) is 1. The van der Waals surface area contributed by atoms with E-state index in [1.54, 1.807) is 0 Å². The standard InChI is InChI=1S/C17H23NO3/c1-2-13-6-5-7-14(10-13)11-15(19)18-17(12-16(20)21)8-3-4-9-17/h5-7,10H,2-4,8-9,11-12H2,1H3,(H,18,19)(H,20,21). The molecule has 1 aromatic rings. The maximum atomic E-state index is 12.3. The third-order valence-electron chi connectivity index (χ3n) is 4.22. The van der Waals surface area contributed by atoms with Crippen molar-refractivity contribution >= 4 is 11.9 Å². The van der Waals surface area contributed by atoms with Gasteiger partial charge in [0.15, 0.2) is 0 Å². The van der Waals surface area contributed by atoms with E-state index < -0.39 is 11.5 Å². The molecule has 1 aliphatic carbocycles. The van der Waals surface area contributed by atoms with Crippen molar-refractivity contribution < 1.29 is 14.7 Å². The molecule has 1 aliphatic rings. The van der Waals surface area contributed by atoms with E-state index in [0.29, 0.717) is 6.42 Å². The molecule has 4 nitrogen and oxygen atoms in total. The number of carbonyl (C=O) groups excluding carboxylic acids is 1. The number of aliphatic carboxylic acids is 1. The fourth-order valence-electron chi connectivity index (χ4n) is 3.17. The average Bonchev–Trinajstić information content (AvgIpc) is 2.85. The van der Waals surface area contributed by atoms with Crippen molar-refractivity contribution in [3.8, 4) is 0 Å². The van der Waals surface area contributed by atoms with Crippen molar-refractivity contribution in [2.75, 3.05) is 0 Å². The molecule has 0 spiro atoms. The van der Waals surface area contributed by atoms with E-state index in [9.17, 15) is 9.59 Å².